The fourth-order valence-electron chi connectivity index (χ4n) is 1.47. The van der Waals surface area contributed by atoms with Crippen LogP contribution in [0.3, 0.4) is 0 Å². The van der Waals surface area contributed by atoms with Gasteiger partial charge in [-0.05, 0) is 24.2 Å². The molecule has 0 atom stereocenters. The Balaban J connectivity index is 2.67. The van der Waals surface area contributed by atoms with Gasteiger partial charge in [-0.25, -0.2) is 0 Å². The minimum absolute atomic E-state index is 0.0169. The third-order valence-electron chi connectivity index (χ3n) is 2.51. The van der Waals surface area contributed by atoms with E-state index in [9.17, 15) is 9.90 Å². The number of hydrogen-bond donors (Lipinski definition) is 2. The van der Waals surface area contributed by atoms with Crippen molar-refractivity contribution in [2.24, 2.45) is 0 Å². The Labute approximate surface area is 106 Å². The lowest BCUT2D eigenvalue weighted by Crippen LogP contribution is -2.35. The molecule has 4 nitrogen and oxygen atoms in total. The number of rotatable bonds is 5. The van der Waals surface area contributed by atoms with E-state index in [1.807, 2.05) is 11.8 Å². The number of nitrogens with one attached hydrogen (secondary N) is 1. The van der Waals surface area contributed by atoms with E-state index in [2.05, 4.69) is 5.32 Å². The van der Waals surface area contributed by atoms with Crippen molar-refractivity contribution in [3.05, 3.63) is 28.8 Å². The molecule has 0 aromatic heterocycles. The summed E-state index contributed by atoms with van der Waals surface area (Å²) in [4.78, 5) is 13.3. The largest absolute Gasteiger partial charge is 0.506 e. The van der Waals surface area contributed by atoms with Gasteiger partial charge in [0.15, 0.2) is 0 Å². The number of likely N-dealkylation sites (N-methyl/N-ethyl adjacent to an activating group) is 2. The van der Waals surface area contributed by atoms with E-state index in [0.717, 1.165) is 12.1 Å². The Morgan fingerprint density at radius 3 is 2.76 bits per heavy atom. The zero-order valence-electron chi connectivity index (χ0n) is 10.0. The molecular formula is C12H17ClN2O2. The minimum atomic E-state index is -0.0169. The molecule has 0 aliphatic rings. The summed E-state index contributed by atoms with van der Waals surface area (Å²) in [6.45, 7) is 3.74. The molecule has 94 valence electrons. The van der Waals surface area contributed by atoms with E-state index in [0.29, 0.717) is 18.1 Å². The van der Waals surface area contributed by atoms with Crippen molar-refractivity contribution < 1.29 is 9.90 Å². The van der Waals surface area contributed by atoms with Gasteiger partial charge in [0, 0.05) is 13.6 Å². The highest BCUT2D eigenvalue weighted by Gasteiger charge is 2.09. The van der Waals surface area contributed by atoms with Gasteiger partial charge in [0.2, 0.25) is 5.91 Å². The molecule has 1 aromatic carbocycles. The smallest absolute Gasteiger partial charge is 0.233 e. The standard InChI is InChI=1S/C12H17ClN2O2/c1-3-15(8-12(17)14-2)7-9-4-5-11(16)10(13)6-9/h4-6,16H,3,7-8H2,1-2H3,(H,14,17). The Bertz CT molecular complexity index is 396. The van der Waals surface area contributed by atoms with Crippen molar-refractivity contribution in [2.45, 2.75) is 13.5 Å². The Kier molecular flexibility index (Phi) is 5.25. The number of phenols is 1. The van der Waals surface area contributed by atoms with Crippen LogP contribution in [0.4, 0.5) is 0 Å². The molecule has 0 bridgehead atoms. The molecule has 5 heteroatoms. The summed E-state index contributed by atoms with van der Waals surface area (Å²) in [6, 6.07) is 5.07. The average Bonchev–Trinajstić information content (AvgIpc) is 2.32. The zero-order chi connectivity index (χ0) is 12.8. The normalized spacial score (nSPS) is 10.6. The summed E-state index contributed by atoms with van der Waals surface area (Å²) in [6.07, 6.45) is 0. The van der Waals surface area contributed by atoms with Crippen LogP contribution in [0.1, 0.15) is 12.5 Å². The van der Waals surface area contributed by atoms with Crippen LogP contribution in [0.5, 0.6) is 5.75 Å². The van der Waals surface area contributed by atoms with E-state index in [-0.39, 0.29) is 11.7 Å². The maximum absolute atomic E-state index is 11.3. The van der Waals surface area contributed by atoms with E-state index >= 15 is 0 Å². The van der Waals surface area contributed by atoms with Crippen LogP contribution in [0.2, 0.25) is 5.02 Å². The first-order chi connectivity index (χ1) is 8.06. The highest BCUT2D eigenvalue weighted by Crippen LogP contribution is 2.24. The lowest BCUT2D eigenvalue weighted by molar-refractivity contribution is -0.121. The number of benzene rings is 1. The monoisotopic (exact) mass is 256 g/mol. The molecule has 0 heterocycles. The van der Waals surface area contributed by atoms with Crippen LogP contribution in [0, 0.1) is 0 Å². The van der Waals surface area contributed by atoms with E-state index in [1.165, 1.54) is 0 Å². The van der Waals surface area contributed by atoms with Crippen molar-refractivity contribution in [2.75, 3.05) is 20.1 Å². The van der Waals surface area contributed by atoms with Crippen LogP contribution < -0.4 is 5.32 Å². The number of hydrogen-bond acceptors (Lipinski definition) is 3. The molecule has 0 saturated heterocycles. The van der Waals surface area contributed by atoms with Crippen molar-refractivity contribution >= 4 is 17.5 Å². The highest BCUT2D eigenvalue weighted by molar-refractivity contribution is 6.32. The van der Waals surface area contributed by atoms with Gasteiger partial charge >= 0.3 is 0 Å². The number of nitrogens with zero attached hydrogens (tertiary/aromatic N) is 1. The number of amides is 1. The molecule has 1 aromatic rings. The summed E-state index contributed by atoms with van der Waals surface area (Å²) in [5.74, 6) is 0.0569. The second-order valence-electron chi connectivity index (χ2n) is 3.76. The number of halogens is 1. The van der Waals surface area contributed by atoms with E-state index < -0.39 is 0 Å². The fourth-order valence-corrected chi connectivity index (χ4v) is 1.67. The molecule has 0 saturated carbocycles. The molecule has 0 aliphatic heterocycles. The quantitative estimate of drug-likeness (QED) is 0.842. The van der Waals surface area contributed by atoms with Crippen LogP contribution >= 0.6 is 11.6 Å². The summed E-state index contributed by atoms with van der Waals surface area (Å²) in [5.41, 5.74) is 0.971. The maximum Gasteiger partial charge on any atom is 0.233 e. The number of phenolic OH excluding ortho intramolecular Hbond substituents is 1. The van der Waals surface area contributed by atoms with Crippen molar-refractivity contribution in [3.63, 3.8) is 0 Å². The van der Waals surface area contributed by atoms with Gasteiger partial charge in [-0.2, -0.15) is 0 Å². The van der Waals surface area contributed by atoms with Crippen LogP contribution in [-0.2, 0) is 11.3 Å². The van der Waals surface area contributed by atoms with E-state index in [1.54, 1.807) is 25.2 Å². The van der Waals surface area contributed by atoms with Crippen molar-refractivity contribution in [1.29, 1.82) is 0 Å². The van der Waals surface area contributed by atoms with Gasteiger partial charge in [-0.3, -0.25) is 9.69 Å². The van der Waals surface area contributed by atoms with Gasteiger partial charge in [-0.15, -0.1) is 0 Å². The third-order valence-corrected chi connectivity index (χ3v) is 2.81. The zero-order valence-corrected chi connectivity index (χ0v) is 10.8. The molecule has 1 rings (SSSR count). The number of carbonyl (C=O) groups is 1. The van der Waals surface area contributed by atoms with Gasteiger partial charge in [0.05, 0.1) is 11.6 Å². The average molecular weight is 257 g/mol. The summed E-state index contributed by atoms with van der Waals surface area (Å²) in [7, 11) is 1.62. The molecule has 0 fully saturated rings. The second kappa shape index (κ2) is 6.47. The summed E-state index contributed by atoms with van der Waals surface area (Å²) >= 11 is 5.83. The van der Waals surface area contributed by atoms with Crippen LogP contribution in [-0.4, -0.2) is 36.1 Å². The Hall–Kier alpha value is -1.26. The topological polar surface area (TPSA) is 52.6 Å². The van der Waals surface area contributed by atoms with Crippen LogP contribution in [0.25, 0.3) is 0 Å². The SMILES string of the molecule is CCN(CC(=O)NC)Cc1ccc(O)c(Cl)c1. The lowest BCUT2D eigenvalue weighted by Gasteiger charge is -2.19. The van der Waals surface area contributed by atoms with Gasteiger partial charge in [-0.1, -0.05) is 24.6 Å². The first-order valence-electron chi connectivity index (χ1n) is 5.47. The lowest BCUT2D eigenvalue weighted by atomic mass is 10.2. The molecule has 0 radical (unpaired) electrons. The molecule has 0 aliphatic carbocycles. The second-order valence-corrected chi connectivity index (χ2v) is 4.17. The van der Waals surface area contributed by atoms with Gasteiger partial charge < -0.3 is 10.4 Å². The van der Waals surface area contributed by atoms with Crippen molar-refractivity contribution in [3.8, 4) is 5.75 Å². The van der Waals surface area contributed by atoms with Gasteiger partial charge in [0.25, 0.3) is 0 Å². The molecule has 0 spiro atoms. The third kappa shape index (κ3) is 4.24. The maximum atomic E-state index is 11.3. The molecule has 17 heavy (non-hydrogen) atoms. The molecule has 2 N–H and O–H groups in total. The number of carbonyl (C=O) groups excluding carboxylic acids is 1. The minimum Gasteiger partial charge on any atom is -0.506 e. The predicted octanol–water partition coefficient (Wildman–Crippen LogP) is 1.61. The van der Waals surface area contributed by atoms with Gasteiger partial charge in [0.1, 0.15) is 5.75 Å². The molecule has 0 unspecified atom stereocenters. The first kappa shape index (κ1) is 13.8. The summed E-state index contributed by atoms with van der Waals surface area (Å²) in [5, 5.41) is 12.2. The van der Waals surface area contributed by atoms with Crippen LogP contribution in [0.15, 0.2) is 18.2 Å². The first-order valence-corrected chi connectivity index (χ1v) is 5.85. The predicted molar refractivity (Wildman–Crippen MR) is 68.1 cm³/mol. The summed E-state index contributed by atoms with van der Waals surface area (Å²) < 4.78 is 0. The fraction of sp³-hybridized carbons (Fsp3) is 0.417. The van der Waals surface area contributed by atoms with E-state index in [4.69, 9.17) is 11.6 Å². The van der Waals surface area contributed by atoms with Crippen molar-refractivity contribution in [1.82, 2.24) is 10.2 Å². The Morgan fingerprint density at radius 1 is 1.53 bits per heavy atom. The Morgan fingerprint density at radius 2 is 2.24 bits per heavy atom. The highest BCUT2D eigenvalue weighted by atomic mass is 35.5. The number of aromatic hydroxyl groups is 1. The molecule has 1 amide bonds. The molecular weight excluding hydrogens is 240 g/mol.